The molecule has 156 valence electrons. The van der Waals surface area contributed by atoms with Crippen LogP contribution in [0.2, 0.25) is 0 Å². The minimum atomic E-state index is -0.384. The number of rotatable bonds is 7. The minimum absolute atomic E-state index is 0.384. The smallest absolute Gasteiger partial charge is 0.250 e. The van der Waals surface area contributed by atoms with Gasteiger partial charge in [-0.15, -0.1) is 0 Å². The summed E-state index contributed by atoms with van der Waals surface area (Å²) >= 11 is 0. The first-order chi connectivity index (χ1) is 14.6. The van der Waals surface area contributed by atoms with E-state index in [1.165, 1.54) is 24.1 Å². The van der Waals surface area contributed by atoms with E-state index in [0.29, 0.717) is 5.56 Å². The van der Waals surface area contributed by atoms with Crippen molar-refractivity contribution in [2.45, 2.75) is 32.7 Å². The SMILES string of the molecule is COc1ccc(CCn2c(-c3ccc(N4CCCC4)cc3)cc(C(N)=O)c2C)cc1. The summed E-state index contributed by atoms with van der Waals surface area (Å²) in [7, 11) is 1.67. The molecule has 1 aliphatic rings. The molecular formula is C25H29N3O2. The highest BCUT2D eigenvalue weighted by Gasteiger charge is 2.18. The Morgan fingerprint density at radius 1 is 1.03 bits per heavy atom. The lowest BCUT2D eigenvalue weighted by Gasteiger charge is -2.18. The van der Waals surface area contributed by atoms with Gasteiger partial charge >= 0.3 is 0 Å². The van der Waals surface area contributed by atoms with Crippen molar-refractivity contribution in [2.75, 3.05) is 25.1 Å². The number of aryl methyl sites for hydroxylation is 1. The second kappa shape index (κ2) is 8.66. The average Bonchev–Trinajstić information content (AvgIpc) is 3.41. The van der Waals surface area contributed by atoms with E-state index in [4.69, 9.17) is 10.5 Å². The number of carbonyl (C=O) groups is 1. The zero-order chi connectivity index (χ0) is 21.1. The zero-order valence-electron chi connectivity index (χ0n) is 17.7. The summed E-state index contributed by atoms with van der Waals surface area (Å²) in [5, 5.41) is 0. The Kier molecular flexibility index (Phi) is 5.79. The predicted molar refractivity (Wildman–Crippen MR) is 121 cm³/mol. The summed E-state index contributed by atoms with van der Waals surface area (Å²) in [6, 6.07) is 18.7. The number of benzene rings is 2. The molecule has 2 N–H and O–H groups in total. The van der Waals surface area contributed by atoms with Crippen molar-refractivity contribution in [3.05, 3.63) is 71.4 Å². The molecule has 0 spiro atoms. The highest BCUT2D eigenvalue weighted by atomic mass is 16.5. The Morgan fingerprint density at radius 3 is 2.30 bits per heavy atom. The summed E-state index contributed by atoms with van der Waals surface area (Å²) in [5.41, 5.74) is 11.8. The average molecular weight is 404 g/mol. The lowest BCUT2D eigenvalue weighted by atomic mass is 10.1. The van der Waals surface area contributed by atoms with E-state index in [1.807, 2.05) is 25.1 Å². The van der Waals surface area contributed by atoms with Crippen LogP contribution in [0.4, 0.5) is 5.69 Å². The van der Waals surface area contributed by atoms with Gasteiger partial charge in [0.25, 0.3) is 5.91 Å². The maximum absolute atomic E-state index is 12.0. The van der Waals surface area contributed by atoms with Crippen molar-refractivity contribution in [1.29, 1.82) is 0 Å². The van der Waals surface area contributed by atoms with Gasteiger partial charge in [-0.3, -0.25) is 4.79 Å². The summed E-state index contributed by atoms with van der Waals surface area (Å²) in [6.07, 6.45) is 3.38. The number of nitrogens with zero attached hydrogens (tertiary/aromatic N) is 2. The van der Waals surface area contributed by atoms with E-state index >= 15 is 0 Å². The molecule has 5 nitrogen and oxygen atoms in total. The lowest BCUT2D eigenvalue weighted by Crippen LogP contribution is -2.17. The molecule has 3 aromatic rings. The van der Waals surface area contributed by atoms with Crippen molar-refractivity contribution >= 4 is 11.6 Å². The number of primary amides is 1. The molecule has 4 rings (SSSR count). The molecule has 0 bridgehead atoms. The number of hydrogen-bond acceptors (Lipinski definition) is 3. The number of amides is 1. The van der Waals surface area contributed by atoms with Gasteiger partial charge in [-0.05, 0) is 67.6 Å². The quantitative estimate of drug-likeness (QED) is 0.635. The summed E-state index contributed by atoms with van der Waals surface area (Å²) in [6.45, 7) is 5.00. The Bertz CT molecular complexity index is 1010. The second-order valence-corrected chi connectivity index (χ2v) is 7.88. The molecule has 0 atom stereocenters. The fourth-order valence-electron chi connectivity index (χ4n) is 4.27. The van der Waals surface area contributed by atoms with Crippen LogP contribution >= 0.6 is 0 Å². The summed E-state index contributed by atoms with van der Waals surface area (Å²) in [4.78, 5) is 14.4. The largest absolute Gasteiger partial charge is 0.497 e. The highest BCUT2D eigenvalue weighted by Crippen LogP contribution is 2.29. The van der Waals surface area contributed by atoms with Crippen LogP contribution in [0.3, 0.4) is 0 Å². The normalized spacial score (nSPS) is 13.6. The monoisotopic (exact) mass is 403 g/mol. The molecule has 1 saturated heterocycles. The van der Waals surface area contributed by atoms with Gasteiger partial charge in [0.1, 0.15) is 5.75 Å². The van der Waals surface area contributed by atoms with Gasteiger partial charge in [0.2, 0.25) is 0 Å². The molecule has 0 unspecified atom stereocenters. The van der Waals surface area contributed by atoms with Crippen molar-refractivity contribution in [3.8, 4) is 17.0 Å². The molecule has 5 heteroatoms. The van der Waals surface area contributed by atoms with Gasteiger partial charge in [-0.1, -0.05) is 24.3 Å². The number of nitrogens with two attached hydrogens (primary N) is 1. The van der Waals surface area contributed by atoms with Crippen LogP contribution in [-0.2, 0) is 13.0 Å². The third kappa shape index (κ3) is 4.06. The van der Waals surface area contributed by atoms with E-state index in [-0.39, 0.29) is 5.91 Å². The van der Waals surface area contributed by atoms with Crippen LogP contribution in [0.1, 0.15) is 34.5 Å². The van der Waals surface area contributed by atoms with Crippen molar-refractivity contribution in [2.24, 2.45) is 5.73 Å². The molecule has 2 aromatic carbocycles. The zero-order valence-corrected chi connectivity index (χ0v) is 17.7. The summed E-state index contributed by atoms with van der Waals surface area (Å²) < 4.78 is 7.45. The minimum Gasteiger partial charge on any atom is -0.497 e. The number of anilines is 1. The Balaban J connectivity index is 1.61. The fourth-order valence-corrected chi connectivity index (χ4v) is 4.27. The molecule has 0 radical (unpaired) electrons. The van der Waals surface area contributed by atoms with Gasteiger partial charge in [0, 0.05) is 36.7 Å². The third-order valence-electron chi connectivity index (χ3n) is 6.05. The van der Waals surface area contributed by atoms with Crippen molar-refractivity contribution < 1.29 is 9.53 Å². The maximum atomic E-state index is 12.0. The van der Waals surface area contributed by atoms with Crippen LogP contribution in [0.5, 0.6) is 5.75 Å². The fraction of sp³-hybridized carbons (Fsp3) is 0.320. The third-order valence-corrected chi connectivity index (χ3v) is 6.05. The molecule has 1 aromatic heterocycles. The first-order valence-electron chi connectivity index (χ1n) is 10.5. The Morgan fingerprint density at radius 2 is 1.70 bits per heavy atom. The van der Waals surface area contributed by atoms with Crippen LogP contribution in [0, 0.1) is 6.92 Å². The van der Waals surface area contributed by atoms with Gasteiger partial charge in [-0.25, -0.2) is 0 Å². The number of methoxy groups -OCH3 is 1. The number of ether oxygens (including phenoxy) is 1. The number of aromatic nitrogens is 1. The van der Waals surface area contributed by atoms with Crippen molar-refractivity contribution in [3.63, 3.8) is 0 Å². The van der Waals surface area contributed by atoms with Crippen LogP contribution in [-0.4, -0.2) is 30.7 Å². The molecule has 0 saturated carbocycles. The molecule has 2 heterocycles. The summed E-state index contributed by atoms with van der Waals surface area (Å²) in [5.74, 6) is 0.469. The van der Waals surface area contributed by atoms with Gasteiger partial charge < -0.3 is 19.9 Å². The second-order valence-electron chi connectivity index (χ2n) is 7.88. The molecule has 1 aliphatic heterocycles. The molecule has 0 aliphatic carbocycles. The van der Waals surface area contributed by atoms with Gasteiger partial charge in [-0.2, -0.15) is 0 Å². The molecule has 1 fully saturated rings. The van der Waals surface area contributed by atoms with Crippen LogP contribution < -0.4 is 15.4 Å². The highest BCUT2D eigenvalue weighted by molar-refractivity contribution is 5.95. The molecule has 1 amide bonds. The van der Waals surface area contributed by atoms with Crippen LogP contribution in [0.25, 0.3) is 11.3 Å². The molecule has 30 heavy (non-hydrogen) atoms. The maximum Gasteiger partial charge on any atom is 0.250 e. The van der Waals surface area contributed by atoms with E-state index in [0.717, 1.165) is 48.8 Å². The van der Waals surface area contributed by atoms with Gasteiger partial charge in [0.05, 0.1) is 12.7 Å². The predicted octanol–water partition coefficient (Wildman–Crippen LogP) is 4.41. The Labute approximate surface area is 178 Å². The number of carbonyl (C=O) groups excluding carboxylic acids is 1. The molecular weight excluding hydrogens is 374 g/mol. The Hall–Kier alpha value is -3.21. The lowest BCUT2D eigenvalue weighted by molar-refractivity contribution is 0.0999. The first kappa shape index (κ1) is 20.1. The standard InChI is InChI=1S/C25H29N3O2/c1-18-23(25(26)29)17-24(20-7-9-21(10-8-20)27-14-3-4-15-27)28(18)16-13-19-5-11-22(30-2)12-6-19/h5-12,17H,3-4,13-16H2,1-2H3,(H2,26,29). The number of hydrogen-bond donors (Lipinski definition) is 1. The van der Waals surface area contributed by atoms with E-state index in [2.05, 4.69) is 45.9 Å². The van der Waals surface area contributed by atoms with Crippen LogP contribution in [0.15, 0.2) is 54.6 Å². The van der Waals surface area contributed by atoms with Gasteiger partial charge in [0.15, 0.2) is 0 Å². The van der Waals surface area contributed by atoms with E-state index in [1.54, 1.807) is 7.11 Å². The first-order valence-corrected chi connectivity index (χ1v) is 10.5. The van der Waals surface area contributed by atoms with E-state index < -0.39 is 0 Å². The topological polar surface area (TPSA) is 60.5 Å². The van der Waals surface area contributed by atoms with Crippen molar-refractivity contribution in [1.82, 2.24) is 4.57 Å². The van der Waals surface area contributed by atoms with E-state index in [9.17, 15) is 4.79 Å².